The molecule has 1 fully saturated rings. The van der Waals surface area contributed by atoms with Gasteiger partial charge in [0.25, 0.3) is 5.91 Å². The standard InChI is InChI=1S/C20H27NO3/c22-20(21-13-12-16-5-2-1-3-6-16)17-8-10-18(11-9-17)24-15-19-7-4-14-23-19/h5,8-11,19H,1-4,6-7,12-15H2,(H,21,22)/t19-/m0/s1. The molecule has 0 saturated carbocycles. The van der Waals surface area contributed by atoms with Crippen LogP contribution in [0.1, 0.15) is 55.3 Å². The number of nitrogens with one attached hydrogen (secondary N) is 1. The summed E-state index contributed by atoms with van der Waals surface area (Å²) < 4.78 is 11.3. The Kier molecular flexibility index (Phi) is 6.30. The first kappa shape index (κ1) is 17.0. The average molecular weight is 329 g/mol. The third-order valence-electron chi connectivity index (χ3n) is 4.69. The second-order valence-electron chi connectivity index (χ2n) is 6.58. The van der Waals surface area contributed by atoms with E-state index < -0.39 is 0 Å². The average Bonchev–Trinajstić information content (AvgIpc) is 3.15. The van der Waals surface area contributed by atoms with Crippen molar-refractivity contribution in [1.82, 2.24) is 5.32 Å². The molecule has 1 N–H and O–H groups in total. The number of carbonyl (C=O) groups excluding carboxylic acids is 1. The number of carbonyl (C=O) groups is 1. The topological polar surface area (TPSA) is 47.6 Å². The first-order valence-corrected chi connectivity index (χ1v) is 9.12. The highest BCUT2D eigenvalue weighted by Crippen LogP contribution is 2.20. The van der Waals surface area contributed by atoms with Crippen LogP contribution in [0.3, 0.4) is 0 Å². The van der Waals surface area contributed by atoms with E-state index in [1.165, 1.54) is 31.3 Å². The molecule has 0 radical (unpaired) electrons. The minimum absolute atomic E-state index is 0.0166. The van der Waals surface area contributed by atoms with E-state index in [0.717, 1.165) is 31.6 Å². The van der Waals surface area contributed by atoms with Crippen molar-refractivity contribution >= 4 is 5.91 Å². The summed E-state index contributed by atoms with van der Waals surface area (Å²) >= 11 is 0. The van der Waals surface area contributed by atoms with Crippen molar-refractivity contribution in [2.45, 2.75) is 51.0 Å². The summed E-state index contributed by atoms with van der Waals surface area (Å²) in [6.07, 6.45) is 10.7. The van der Waals surface area contributed by atoms with Gasteiger partial charge in [-0.2, -0.15) is 0 Å². The molecule has 0 unspecified atom stereocenters. The van der Waals surface area contributed by atoms with Crippen LogP contribution in [-0.2, 0) is 4.74 Å². The van der Waals surface area contributed by atoms with Crippen LogP contribution in [0, 0.1) is 0 Å². The molecule has 1 heterocycles. The summed E-state index contributed by atoms with van der Waals surface area (Å²) in [6.45, 7) is 2.13. The van der Waals surface area contributed by atoms with Crippen molar-refractivity contribution in [3.63, 3.8) is 0 Å². The zero-order chi connectivity index (χ0) is 16.6. The fourth-order valence-electron chi connectivity index (χ4n) is 3.24. The summed E-state index contributed by atoms with van der Waals surface area (Å²) in [5, 5.41) is 3.00. The molecule has 4 nitrogen and oxygen atoms in total. The largest absolute Gasteiger partial charge is 0.491 e. The Hall–Kier alpha value is -1.81. The highest BCUT2D eigenvalue weighted by molar-refractivity contribution is 5.94. The number of rotatable bonds is 7. The Bertz CT molecular complexity index is 559. The van der Waals surface area contributed by atoms with Gasteiger partial charge in [0, 0.05) is 18.7 Å². The first-order valence-electron chi connectivity index (χ1n) is 9.12. The van der Waals surface area contributed by atoms with Crippen LogP contribution < -0.4 is 10.1 Å². The van der Waals surface area contributed by atoms with E-state index in [1.54, 1.807) is 0 Å². The first-order chi connectivity index (χ1) is 11.8. The molecule has 1 atom stereocenters. The molecular formula is C20H27NO3. The monoisotopic (exact) mass is 329 g/mol. The van der Waals surface area contributed by atoms with Gasteiger partial charge in [0.2, 0.25) is 0 Å². The molecule has 2 aliphatic rings. The zero-order valence-electron chi connectivity index (χ0n) is 14.3. The summed E-state index contributed by atoms with van der Waals surface area (Å²) in [7, 11) is 0. The van der Waals surface area contributed by atoms with E-state index in [4.69, 9.17) is 9.47 Å². The summed E-state index contributed by atoms with van der Waals surface area (Å²) in [6, 6.07) is 7.35. The number of allylic oxidation sites excluding steroid dienone is 1. The molecule has 1 aromatic rings. The van der Waals surface area contributed by atoms with Gasteiger partial charge in [-0.15, -0.1) is 0 Å². The van der Waals surface area contributed by atoms with Crippen molar-refractivity contribution in [3.8, 4) is 5.75 Å². The SMILES string of the molecule is O=C(NCCC1=CCCCC1)c1ccc(OC[C@@H]2CCCO2)cc1. The zero-order valence-corrected chi connectivity index (χ0v) is 14.3. The van der Waals surface area contributed by atoms with Crippen LogP contribution in [0.2, 0.25) is 0 Å². The maximum Gasteiger partial charge on any atom is 0.251 e. The van der Waals surface area contributed by atoms with Crippen LogP contribution in [0.5, 0.6) is 5.75 Å². The second-order valence-corrected chi connectivity index (χ2v) is 6.58. The molecule has 3 rings (SSSR count). The lowest BCUT2D eigenvalue weighted by atomic mass is 9.97. The Morgan fingerprint density at radius 3 is 2.79 bits per heavy atom. The lowest BCUT2D eigenvalue weighted by Gasteiger charge is -2.13. The van der Waals surface area contributed by atoms with Crippen molar-refractivity contribution in [3.05, 3.63) is 41.5 Å². The molecule has 24 heavy (non-hydrogen) atoms. The third kappa shape index (κ3) is 5.10. The van der Waals surface area contributed by atoms with Gasteiger partial charge >= 0.3 is 0 Å². The van der Waals surface area contributed by atoms with Gasteiger partial charge in [0.05, 0.1) is 6.10 Å². The summed E-state index contributed by atoms with van der Waals surface area (Å²) in [5.41, 5.74) is 2.16. The maximum atomic E-state index is 12.2. The van der Waals surface area contributed by atoms with Crippen LogP contribution in [0.25, 0.3) is 0 Å². The Labute approximate surface area is 144 Å². The molecule has 0 aromatic heterocycles. The fraction of sp³-hybridized carbons (Fsp3) is 0.550. The molecule has 4 heteroatoms. The van der Waals surface area contributed by atoms with Crippen molar-refractivity contribution < 1.29 is 14.3 Å². The smallest absolute Gasteiger partial charge is 0.251 e. The van der Waals surface area contributed by atoms with Crippen LogP contribution >= 0.6 is 0 Å². The lowest BCUT2D eigenvalue weighted by Crippen LogP contribution is -2.24. The van der Waals surface area contributed by atoms with Crippen LogP contribution in [0.4, 0.5) is 0 Å². The molecule has 1 saturated heterocycles. The quantitative estimate of drug-likeness (QED) is 0.773. The van der Waals surface area contributed by atoms with Gasteiger partial charge in [-0.05, 0) is 69.2 Å². The third-order valence-corrected chi connectivity index (χ3v) is 4.69. The summed E-state index contributed by atoms with van der Waals surface area (Å²) in [4.78, 5) is 12.2. The Morgan fingerprint density at radius 1 is 1.21 bits per heavy atom. The number of amides is 1. The van der Waals surface area contributed by atoms with Crippen molar-refractivity contribution in [1.29, 1.82) is 0 Å². The van der Waals surface area contributed by atoms with E-state index in [2.05, 4.69) is 11.4 Å². The molecule has 130 valence electrons. The predicted molar refractivity (Wildman–Crippen MR) is 94.4 cm³/mol. The predicted octanol–water partition coefficient (Wildman–Crippen LogP) is 3.86. The van der Waals surface area contributed by atoms with E-state index >= 15 is 0 Å². The van der Waals surface area contributed by atoms with Gasteiger partial charge in [0.15, 0.2) is 0 Å². The van der Waals surface area contributed by atoms with E-state index in [1.807, 2.05) is 24.3 Å². The van der Waals surface area contributed by atoms with E-state index in [0.29, 0.717) is 18.7 Å². The van der Waals surface area contributed by atoms with Gasteiger partial charge in [-0.3, -0.25) is 4.79 Å². The van der Waals surface area contributed by atoms with Gasteiger partial charge < -0.3 is 14.8 Å². The summed E-state index contributed by atoms with van der Waals surface area (Å²) in [5.74, 6) is 0.770. The number of hydrogen-bond donors (Lipinski definition) is 1. The number of ether oxygens (including phenoxy) is 2. The second kappa shape index (κ2) is 8.88. The van der Waals surface area contributed by atoms with Gasteiger partial charge in [0.1, 0.15) is 12.4 Å². The lowest BCUT2D eigenvalue weighted by molar-refractivity contribution is 0.0679. The fourth-order valence-corrected chi connectivity index (χ4v) is 3.24. The molecule has 1 aliphatic carbocycles. The Morgan fingerprint density at radius 2 is 2.08 bits per heavy atom. The number of benzene rings is 1. The van der Waals surface area contributed by atoms with Gasteiger partial charge in [-0.25, -0.2) is 0 Å². The highest BCUT2D eigenvalue weighted by atomic mass is 16.5. The molecule has 0 spiro atoms. The molecule has 1 aliphatic heterocycles. The van der Waals surface area contributed by atoms with E-state index in [-0.39, 0.29) is 12.0 Å². The van der Waals surface area contributed by atoms with Crippen molar-refractivity contribution in [2.24, 2.45) is 0 Å². The highest BCUT2D eigenvalue weighted by Gasteiger charge is 2.16. The van der Waals surface area contributed by atoms with Crippen LogP contribution in [0.15, 0.2) is 35.9 Å². The number of hydrogen-bond acceptors (Lipinski definition) is 3. The Balaban J connectivity index is 1.40. The minimum atomic E-state index is -0.0166. The molecule has 1 amide bonds. The molecule has 1 aromatic carbocycles. The van der Waals surface area contributed by atoms with Gasteiger partial charge in [-0.1, -0.05) is 11.6 Å². The molecular weight excluding hydrogens is 302 g/mol. The van der Waals surface area contributed by atoms with E-state index in [9.17, 15) is 4.79 Å². The minimum Gasteiger partial charge on any atom is -0.491 e. The maximum absolute atomic E-state index is 12.2. The van der Waals surface area contributed by atoms with Crippen molar-refractivity contribution in [2.75, 3.05) is 19.8 Å². The van der Waals surface area contributed by atoms with Crippen LogP contribution in [-0.4, -0.2) is 31.8 Å². The normalized spacial score (nSPS) is 20.5. The molecule has 0 bridgehead atoms.